The predicted octanol–water partition coefficient (Wildman–Crippen LogP) is 4.74. The van der Waals surface area contributed by atoms with Crippen LogP contribution in [0.1, 0.15) is 5.56 Å². The Hall–Kier alpha value is -2.94. The second-order valence-electron chi connectivity index (χ2n) is 5.32. The van der Waals surface area contributed by atoms with Gasteiger partial charge in [0.2, 0.25) is 0 Å². The van der Waals surface area contributed by atoms with Gasteiger partial charge < -0.3 is 14.7 Å². The number of nitrogens with zero attached hydrogens (tertiary/aromatic N) is 1. The molecule has 0 bridgehead atoms. The van der Waals surface area contributed by atoms with Crippen molar-refractivity contribution in [2.75, 3.05) is 11.9 Å². The summed E-state index contributed by atoms with van der Waals surface area (Å²) < 4.78 is 6.00. The summed E-state index contributed by atoms with van der Waals surface area (Å²) in [5.74, 6) is 1.09. The lowest BCUT2D eigenvalue weighted by molar-refractivity contribution is 0.307. The van der Waals surface area contributed by atoms with E-state index in [4.69, 9.17) is 4.74 Å². The van der Waals surface area contributed by atoms with Crippen molar-refractivity contribution < 1.29 is 9.84 Å². The maximum absolute atomic E-state index is 9.43. The molecule has 0 unspecified atom stereocenters. The molecule has 0 aliphatic carbocycles. The maximum Gasteiger partial charge on any atom is 0.143 e. The molecule has 0 saturated heterocycles. The standard InChI is InChI=1S/C20H19NO2/c1-21(17-11-13-18(22)14-12-17)19-9-5-6-10-20(19)23-15-16-7-3-2-4-8-16/h2-14,22H,15H2,1H3. The van der Waals surface area contributed by atoms with E-state index in [1.807, 2.05) is 78.7 Å². The summed E-state index contributed by atoms with van der Waals surface area (Å²) >= 11 is 0. The SMILES string of the molecule is CN(c1ccc(O)cc1)c1ccccc1OCc1ccccc1. The number of benzene rings is 3. The lowest BCUT2D eigenvalue weighted by atomic mass is 10.2. The molecule has 0 atom stereocenters. The fraction of sp³-hybridized carbons (Fsp3) is 0.100. The summed E-state index contributed by atoms with van der Waals surface area (Å²) in [6.07, 6.45) is 0. The van der Waals surface area contributed by atoms with Crippen LogP contribution in [-0.2, 0) is 6.61 Å². The molecule has 1 N–H and O–H groups in total. The molecule has 0 aliphatic rings. The van der Waals surface area contributed by atoms with Gasteiger partial charge in [-0.05, 0) is 42.0 Å². The minimum absolute atomic E-state index is 0.260. The molecule has 0 heterocycles. The summed E-state index contributed by atoms with van der Waals surface area (Å²) in [5.41, 5.74) is 3.10. The third-order valence-corrected chi connectivity index (χ3v) is 3.70. The Bertz CT molecular complexity index is 754. The summed E-state index contributed by atoms with van der Waals surface area (Å²) in [6.45, 7) is 0.529. The molecular weight excluding hydrogens is 286 g/mol. The Balaban J connectivity index is 1.81. The van der Waals surface area contributed by atoms with E-state index in [1.54, 1.807) is 12.1 Å². The van der Waals surface area contributed by atoms with Gasteiger partial charge in [0.05, 0.1) is 5.69 Å². The van der Waals surface area contributed by atoms with Gasteiger partial charge in [-0.25, -0.2) is 0 Å². The van der Waals surface area contributed by atoms with Crippen molar-refractivity contribution in [3.63, 3.8) is 0 Å². The van der Waals surface area contributed by atoms with E-state index in [2.05, 4.69) is 0 Å². The number of hydrogen-bond acceptors (Lipinski definition) is 3. The van der Waals surface area contributed by atoms with Gasteiger partial charge in [-0.15, -0.1) is 0 Å². The van der Waals surface area contributed by atoms with Crippen LogP contribution in [0.4, 0.5) is 11.4 Å². The highest BCUT2D eigenvalue weighted by Crippen LogP contribution is 2.33. The molecular formula is C20H19NO2. The van der Waals surface area contributed by atoms with E-state index < -0.39 is 0 Å². The smallest absolute Gasteiger partial charge is 0.143 e. The first-order chi connectivity index (χ1) is 11.2. The lowest BCUT2D eigenvalue weighted by Gasteiger charge is -2.22. The molecule has 0 radical (unpaired) electrons. The van der Waals surface area contributed by atoms with Gasteiger partial charge in [-0.2, -0.15) is 0 Å². The van der Waals surface area contributed by atoms with E-state index >= 15 is 0 Å². The third kappa shape index (κ3) is 3.64. The van der Waals surface area contributed by atoms with Crippen LogP contribution in [0.2, 0.25) is 0 Å². The molecule has 3 rings (SSSR count). The Labute approximate surface area is 136 Å². The van der Waals surface area contributed by atoms with Crippen molar-refractivity contribution in [2.45, 2.75) is 6.61 Å². The van der Waals surface area contributed by atoms with Crippen LogP contribution >= 0.6 is 0 Å². The molecule has 3 aromatic rings. The quantitative estimate of drug-likeness (QED) is 0.739. The zero-order valence-electron chi connectivity index (χ0n) is 13.0. The minimum Gasteiger partial charge on any atom is -0.508 e. The van der Waals surface area contributed by atoms with Gasteiger partial charge in [0, 0.05) is 12.7 Å². The van der Waals surface area contributed by atoms with E-state index in [-0.39, 0.29) is 5.75 Å². The Morgan fingerprint density at radius 1 is 0.826 bits per heavy atom. The van der Waals surface area contributed by atoms with Crippen molar-refractivity contribution in [2.24, 2.45) is 0 Å². The molecule has 0 saturated carbocycles. The van der Waals surface area contributed by atoms with E-state index in [0.29, 0.717) is 6.61 Å². The van der Waals surface area contributed by atoms with Gasteiger partial charge in [-0.3, -0.25) is 0 Å². The average molecular weight is 305 g/mol. The molecule has 3 nitrogen and oxygen atoms in total. The van der Waals surface area contributed by atoms with Crippen LogP contribution in [0, 0.1) is 0 Å². The van der Waals surface area contributed by atoms with Crippen molar-refractivity contribution in [3.8, 4) is 11.5 Å². The number of para-hydroxylation sites is 2. The zero-order chi connectivity index (χ0) is 16.1. The third-order valence-electron chi connectivity index (χ3n) is 3.70. The fourth-order valence-corrected chi connectivity index (χ4v) is 2.41. The molecule has 23 heavy (non-hydrogen) atoms. The van der Waals surface area contributed by atoms with Gasteiger partial charge in [0.1, 0.15) is 18.1 Å². The first-order valence-corrected chi connectivity index (χ1v) is 7.52. The molecule has 0 amide bonds. The van der Waals surface area contributed by atoms with Crippen LogP contribution in [0.5, 0.6) is 11.5 Å². The summed E-state index contributed by atoms with van der Waals surface area (Å²) in [6, 6.07) is 25.2. The normalized spacial score (nSPS) is 10.3. The molecule has 0 fully saturated rings. The number of rotatable bonds is 5. The van der Waals surface area contributed by atoms with Gasteiger partial charge in [0.25, 0.3) is 0 Å². The van der Waals surface area contributed by atoms with E-state index in [9.17, 15) is 5.11 Å². The topological polar surface area (TPSA) is 32.7 Å². The number of ether oxygens (including phenoxy) is 1. The lowest BCUT2D eigenvalue weighted by Crippen LogP contribution is -2.11. The zero-order valence-corrected chi connectivity index (χ0v) is 13.0. The van der Waals surface area contributed by atoms with Crippen LogP contribution in [0.25, 0.3) is 0 Å². The molecule has 0 aromatic heterocycles. The van der Waals surface area contributed by atoms with Crippen molar-refractivity contribution in [1.82, 2.24) is 0 Å². The van der Waals surface area contributed by atoms with Crippen molar-refractivity contribution in [1.29, 1.82) is 0 Å². The maximum atomic E-state index is 9.43. The van der Waals surface area contributed by atoms with E-state index in [1.165, 1.54) is 0 Å². The largest absolute Gasteiger partial charge is 0.508 e. The first kappa shape index (κ1) is 15.0. The van der Waals surface area contributed by atoms with Crippen molar-refractivity contribution in [3.05, 3.63) is 84.4 Å². The number of anilines is 2. The van der Waals surface area contributed by atoms with Crippen LogP contribution in [0.3, 0.4) is 0 Å². The first-order valence-electron chi connectivity index (χ1n) is 7.52. The summed E-state index contributed by atoms with van der Waals surface area (Å²) in [4.78, 5) is 2.04. The number of phenols is 1. The Kier molecular flexibility index (Phi) is 4.48. The Morgan fingerprint density at radius 2 is 1.48 bits per heavy atom. The van der Waals surface area contributed by atoms with Crippen LogP contribution in [-0.4, -0.2) is 12.2 Å². The molecule has 116 valence electrons. The highest BCUT2D eigenvalue weighted by atomic mass is 16.5. The van der Waals surface area contributed by atoms with Crippen LogP contribution < -0.4 is 9.64 Å². The number of hydrogen-bond donors (Lipinski definition) is 1. The van der Waals surface area contributed by atoms with Crippen LogP contribution in [0.15, 0.2) is 78.9 Å². The summed E-state index contributed by atoms with van der Waals surface area (Å²) in [5, 5.41) is 9.43. The average Bonchev–Trinajstić information content (AvgIpc) is 2.61. The molecule has 0 spiro atoms. The van der Waals surface area contributed by atoms with Gasteiger partial charge in [0.15, 0.2) is 0 Å². The minimum atomic E-state index is 0.260. The second kappa shape index (κ2) is 6.88. The highest BCUT2D eigenvalue weighted by molar-refractivity contribution is 5.68. The fourth-order valence-electron chi connectivity index (χ4n) is 2.41. The monoisotopic (exact) mass is 305 g/mol. The van der Waals surface area contributed by atoms with Gasteiger partial charge in [-0.1, -0.05) is 42.5 Å². The van der Waals surface area contributed by atoms with Gasteiger partial charge >= 0.3 is 0 Å². The number of aromatic hydroxyl groups is 1. The van der Waals surface area contributed by atoms with E-state index in [0.717, 1.165) is 22.7 Å². The molecule has 0 aliphatic heterocycles. The second-order valence-corrected chi connectivity index (χ2v) is 5.32. The van der Waals surface area contributed by atoms with Crippen molar-refractivity contribution >= 4 is 11.4 Å². The Morgan fingerprint density at radius 3 is 2.22 bits per heavy atom. The molecule has 3 aromatic carbocycles. The predicted molar refractivity (Wildman–Crippen MR) is 93.4 cm³/mol. The summed E-state index contributed by atoms with van der Waals surface area (Å²) in [7, 11) is 1.98. The molecule has 3 heteroatoms. The highest BCUT2D eigenvalue weighted by Gasteiger charge is 2.10. The number of phenolic OH excluding ortho intramolecular Hbond substituents is 1.